The van der Waals surface area contributed by atoms with Crippen molar-refractivity contribution in [1.29, 1.82) is 0 Å². The summed E-state index contributed by atoms with van der Waals surface area (Å²) in [5.74, 6) is -0.371. The lowest BCUT2D eigenvalue weighted by Crippen LogP contribution is -2.13. The van der Waals surface area contributed by atoms with Gasteiger partial charge in [0.2, 0.25) is 0 Å². The number of aromatic amines is 1. The van der Waals surface area contributed by atoms with Crippen LogP contribution in [0.5, 0.6) is 5.75 Å². The predicted molar refractivity (Wildman–Crippen MR) is 67.0 cm³/mol. The molecule has 6 nitrogen and oxygen atoms in total. The van der Waals surface area contributed by atoms with Crippen molar-refractivity contribution in [2.24, 2.45) is 0 Å². The van der Waals surface area contributed by atoms with Crippen LogP contribution in [0.15, 0.2) is 35.5 Å². The van der Waals surface area contributed by atoms with Crippen LogP contribution in [0.2, 0.25) is 0 Å². The van der Waals surface area contributed by atoms with E-state index in [0.717, 1.165) is 12.1 Å². The van der Waals surface area contributed by atoms with Crippen LogP contribution in [-0.4, -0.2) is 25.2 Å². The second-order valence-corrected chi connectivity index (χ2v) is 5.30. The maximum atomic E-state index is 13.1. The number of hydrogen-bond acceptors (Lipinski definition) is 4. The van der Waals surface area contributed by atoms with Crippen molar-refractivity contribution in [2.75, 3.05) is 11.3 Å². The topological polar surface area (TPSA) is 84.1 Å². The van der Waals surface area contributed by atoms with Crippen molar-refractivity contribution in [1.82, 2.24) is 10.2 Å². The van der Waals surface area contributed by atoms with E-state index in [9.17, 15) is 12.8 Å². The molecule has 0 fully saturated rings. The van der Waals surface area contributed by atoms with Gasteiger partial charge in [0.1, 0.15) is 16.5 Å². The van der Waals surface area contributed by atoms with Crippen molar-refractivity contribution < 1.29 is 17.5 Å². The first-order chi connectivity index (χ1) is 9.03. The zero-order valence-corrected chi connectivity index (χ0v) is 10.9. The van der Waals surface area contributed by atoms with Crippen LogP contribution in [0.3, 0.4) is 0 Å². The molecule has 0 bridgehead atoms. The third-order valence-electron chi connectivity index (χ3n) is 2.27. The molecule has 102 valence electrons. The molecule has 0 saturated heterocycles. The van der Waals surface area contributed by atoms with Gasteiger partial charge in [-0.2, -0.15) is 5.10 Å². The van der Waals surface area contributed by atoms with Gasteiger partial charge in [-0.3, -0.25) is 9.82 Å². The van der Waals surface area contributed by atoms with Crippen molar-refractivity contribution in [3.05, 3.63) is 36.4 Å². The van der Waals surface area contributed by atoms with E-state index >= 15 is 0 Å². The number of hydrogen-bond donors (Lipinski definition) is 2. The summed E-state index contributed by atoms with van der Waals surface area (Å²) in [5, 5.41) is 5.98. The molecular formula is C11H12FN3O3S. The number of nitrogens with zero attached hydrogens (tertiary/aromatic N) is 1. The Hall–Kier alpha value is -2.09. The zero-order valence-electron chi connectivity index (χ0n) is 10.1. The second-order valence-electron chi connectivity index (χ2n) is 3.61. The largest absolute Gasteiger partial charge is 0.492 e. The van der Waals surface area contributed by atoms with Crippen molar-refractivity contribution >= 4 is 15.7 Å². The van der Waals surface area contributed by atoms with Gasteiger partial charge in [-0.1, -0.05) is 0 Å². The maximum Gasteiger partial charge on any atom is 0.265 e. The Morgan fingerprint density at radius 1 is 1.47 bits per heavy atom. The van der Waals surface area contributed by atoms with Crippen LogP contribution in [-0.2, 0) is 10.0 Å². The molecule has 0 amide bonds. The van der Waals surface area contributed by atoms with Gasteiger partial charge in [0, 0.05) is 12.3 Å². The molecule has 8 heteroatoms. The number of ether oxygens (including phenoxy) is 1. The minimum absolute atomic E-state index is 0.0146. The molecule has 19 heavy (non-hydrogen) atoms. The van der Waals surface area contributed by atoms with Crippen molar-refractivity contribution in [2.45, 2.75) is 11.8 Å². The number of nitrogens with one attached hydrogen (secondary N) is 2. The van der Waals surface area contributed by atoms with Crippen LogP contribution in [0.1, 0.15) is 6.92 Å². The number of halogens is 1. The smallest absolute Gasteiger partial charge is 0.265 e. The number of benzene rings is 1. The minimum atomic E-state index is -3.77. The lowest BCUT2D eigenvalue weighted by Gasteiger charge is -2.12. The van der Waals surface area contributed by atoms with Gasteiger partial charge in [0.25, 0.3) is 10.0 Å². The highest BCUT2D eigenvalue weighted by Crippen LogP contribution is 2.27. The van der Waals surface area contributed by atoms with E-state index in [1.807, 2.05) is 0 Å². The lowest BCUT2D eigenvalue weighted by atomic mass is 10.3. The van der Waals surface area contributed by atoms with Crippen molar-refractivity contribution in [3.8, 4) is 5.75 Å². The highest BCUT2D eigenvalue weighted by Gasteiger charge is 2.17. The maximum absolute atomic E-state index is 13.1. The molecule has 0 aliphatic rings. The normalized spacial score (nSPS) is 11.3. The first kappa shape index (κ1) is 13.3. The van der Waals surface area contributed by atoms with E-state index in [1.54, 1.807) is 6.92 Å². The Morgan fingerprint density at radius 2 is 2.26 bits per heavy atom. The van der Waals surface area contributed by atoms with Gasteiger partial charge < -0.3 is 4.74 Å². The van der Waals surface area contributed by atoms with Crippen LogP contribution >= 0.6 is 0 Å². The molecule has 0 saturated carbocycles. The predicted octanol–water partition coefficient (Wildman–Crippen LogP) is 1.75. The first-order valence-electron chi connectivity index (χ1n) is 5.47. The van der Waals surface area contributed by atoms with E-state index < -0.39 is 15.8 Å². The van der Waals surface area contributed by atoms with Gasteiger partial charge >= 0.3 is 0 Å². The molecule has 0 aliphatic heterocycles. The van der Waals surface area contributed by atoms with Gasteiger partial charge in [0.05, 0.1) is 18.5 Å². The summed E-state index contributed by atoms with van der Waals surface area (Å²) in [5.41, 5.74) is 0.171. The Bertz CT molecular complexity index is 656. The Balaban J connectivity index is 2.33. The SMILES string of the molecule is CCOc1cc(F)ccc1NS(=O)(=O)c1cn[nH]c1. The molecule has 1 aromatic carbocycles. The van der Waals surface area contributed by atoms with Crippen LogP contribution in [0.25, 0.3) is 0 Å². The fourth-order valence-electron chi connectivity index (χ4n) is 1.45. The summed E-state index contributed by atoms with van der Waals surface area (Å²) in [4.78, 5) is -0.0146. The van der Waals surface area contributed by atoms with Crippen LogP contribution in [0.4, 0.5) is 10.1 Å². The summed E-state index contributed by atoms with van der Waals surface area (Å²) in [6.07, 6.45) is 2.42. The second kappa shape index (κ2) is 5.27. The third kappa shape index (κ3) is 3.02. The van der Waals surface area contributed by atoms with Gasteiger partial charge in [-0.25, -0.2) is 12.8 Å². The van der Waals surface area contributed by atoms with Gasteiger partial charge in [-0.15, -0.1) is 0 Å². The molecule has 0 spiro atoms. The standard InChI is InChI=1S/C11H12FN3O3S/c1-2-18-11-5-8(12)3-4-10(11)15-19(16,17)9-6-13-14-7-9/h3-7,15H,2H2,1H3,(H,13,14). The Morgan fingerprint density at radius 3 is 2.89 bits per heavy atom. The third-order valence-corrected chi connectivity index (χ3v) is 3.60. The lowest BCUT2D eigenvalue weighted by molar-refractivity contribution is 0.340. The molecule has 0 unspecified atom stereocenters. The van der Waals surface area contributed by atoms with Crippen LogP contribution in [0, 0.1) is 5.82 Å². The molecule has 2 N–H and O–H groups in total. The molecule has 1 aromatic heterocycles. The average molecular weight is 285 g/mol. The number of anilines is 1. The highest BCUT2D eigenvalue weighted by molar-refractivity contribution is 7.92. The summed E-state index contributed by atoms with van der Waals surface area (Å²) in [6.45, 7) is 2.02. The monoisotopic (exact) mass is 285 g/mol. The van der Waals surface area contributed by atoms with Gasteiger partial charge in [-0.05, 0) is 19.1 Å². The summed E-state index contributed by atoms with van der Waals surface area (Å²) in [6, 6.07) is 3.57. The molecule has 0 atom stereocenters. The molecule has 2 aromatic rings. The molecule has 2 rings (SSSR count). The first-order valence-corrected chi connectivity index (χ1v) is 6.95. The Kier molecular flexibility index (Phi) is 3.70. The minimum Gasteiger partial charge on any atom is -0.492 e. The summed E-state index contributed by atoms with van der Waals surface area (Å²) in [7, 11) is -3.77. The quantitative estimate of drug-likeness (QED) is 0.876. The Labute approximate surface area is 109 Å². The fraction of sp³-hybridized carbons (Fsp3) is 0.182. The van der Waals surface area contributed by atoms with E-state index in [2.05, 4.69) is 14.9 Å². The zero-order chi connectivity index (χ0) is 13.9. The van der Waals surface area contributed by atoms with E-state index in [0.29, 0.717) is 6.61 Å². The molecular weight excluding hydrogens is 273 g/mol. The molecule has 0 aliphatic carbocycles. The highest BCUT2D eigenvalue weighted by atomic mass is 32.2. The summed E-state index contributed by atoms with van der Waals surface area (Å²) >= 11 is 0. The fourth-order valence-corrected chi connectivity index (χ4v) is 2.42. The average Bonchev–Trinajstić information content (AvgIpc) is 2.87. The number of sulfonamides is 1. The number of rotatable bonds is 5. The van der Waals surface area contributed by atoms with E-state index in [1.165, 1.54) is 18.5 Å². The van der Waals surface area contributed by atoms with Gasteiger partial charge in [0.15, 0.2) is 0 Å². The van der Waals surface area contributed by atoms with Crippen LogP contribution < -0.4 is 9.46 Å². The summed E-state index contributed by atoms with van der Waals surface area (Å²) < 4.78 is 44.6. The molecule has 1 heterocycles. The number of aromatic nitrogens is 2. The van der Waals surface area contributed by atoms with Crippen molar-refractivity contribution in [3.63, 3.8) is 0 Å². The molecule has 0 radical (unpaired) electrons. The van der Waals surface area contributed by atoms with E-state index in [-0.39, 0.29) is 16.3 Å². The van der Waals surface area contributed by atoms with E-state index in [4.69, 9.17) is 4.74 Å². The number of H-pyrrole nitrogens is 1.